The first-order valence-corrected chi connectivity index (χ1v) is 7.88. The molecule has 21 heavy (non-hydrogen) atoms. The van der Waals surface area contributed by atoms with E-state index in [1.165, 1.54) is 17.7 Å². The van der Waals surface area contributed by atoms with Gasteiger partial charge in [-0.15, -0.1) is 11.3 Å². The van der Waals surface area contributed by atoms with E-state index in [4.69, 9.17) is 0 Å². The third-order valence-electron chi connectivity index (χ3n) is 4.71. The number of aromatic nitrogens is 2. The number of nitrogens with zero attached hydrogens (tertiary/aromatic N) is 2. The molecule has 0 aromatic carbocycles. The smallest absolute Gasteiger partial charge is 0.271 e. The van der Waals surface area contributed by atoms with Crippen LogP contribution in [0.15, 0.2) is 17.8 Å². The van der Waals surface area contributed by atoms with Gasteiger partial charge in [0.2, 0.25) is 0 Å². The van der Waals surface area contributed by atoms with Gasteiger partial charge in [0.1, 0.15) is 12.0 Å². The molecule has 2 aliphatic rings. The number of hydrogen-bond donors (Lipinski definition) is 3. The van der Waals surface area contributed by atoms with Crippen molar-refractivity contribution in [2.45, 2.75) is 31.1 Å². The SMILES string of the molecule is O=C(N[C@H]1C[C@H]2[C@H](O)[C@H](O)C[C@H]21)c1ncnc2ccsc12. The highest BCUT2D eigenvalue weighted by Crippen LogP contribution is 2.47. The Morgan fingerprint density at radius 1 is 1.29 bits per heavy atom. The summed E-state index contributed by atoms with van der Waals surface area (Å²) < 4.78 is 0.789. The van der Waals surface area contributed by atoms with Gasteiger partial charge in [-0.2, -0.15) is 0 Å². The molecule has 2 aliphatic carbocycles. The van der Waals surface area contributed by atoms with Crippen LogP contribution in [0.1, 0.15) is 23.3 Å². The summed E-state index contributed by atoms with van der Waals surface area (Å²) in [5.74, 6) is 0.0706. The Morgan fingerprint density at radius 3 is 2.95 bits per heavy atom. The number of carbonyl (C=O) groups is 1. The molecule has 0 saturated heterocycles. The highest BCUT2D eigenvalue weighted by atomic mass is 32.1. The van der Waals surface area contributed by atoms with E-state index in [0.29, 0.717) is 18.5 Å². The zero-order valence-corrected chi connectivity index (χ0v) is 12.0. The van der Waals surface area contributed by atoms with Crippen LogP contribution in [0.4, 0.5) is 0 Å². The topological polar surface area (TPSA) is 95.3 Å². The van der Waals surface area contributed by atoms with Crippen molar-refractivity contribution in [3.63, 3.8) is 0 Å². The van der Waals surface area contributed by atoms with Crippen molar-refractivity contribution in [2.24, 2.45) is 11.8 Å². The number of aliphatic hydroxyl groups is 2. The average Bonchev–Trinajstić information content (AvgIpc) is 3.02. The van der Waals surface area contributed by atoms with Crippen molar-refractivity contribution in [1.29, 1.82) is 0 Å². The van der Waals surface area contributed by atoms with Crippen molar-refractivity contribution in [1.82, 2.24) is 15.3 Å². The first-order valence-electron chi connectivity index (χ1n) is 7.00. The summed E-state index contributed by atoms with van der Waals surface area (Å²) in [6, 6.07) is 1.88. The van der Waals surface area contributed by atoms with Gasteiger partial charge in [0.25, 0.3) is 5.91 Å². The third-order valence-corrected chi connectivity index (χ3v) is 5.62. The minimum Gasteiger partial charge on any atom is -0.390 e. The molecule has 0 bridgehead atoms. The molecular weight excluding hydrogens is 290 g/mol. The van der Waals surface area contributed by atoms with Crippen LogP contribution in [-0.2, 0) is 0 Å². The Kier molecular flexibility index (Phi) is 2.95. The monoisotopic (exact) mass is 305 g/mol. The van der Waals surface area contributed by atoms with Gasteiger partial charge in [0, 0.05) is 6.04 Å². The molecule has 4 rings (SSSR count). The van der Waals surface area contributed by atoms with E-state index >= 15 is 0 Å². The quantitative estimate of drug-likeness (QED) is 0.753. The minimum atomic E-state index is -0.662. The molecule has 1 amide bonds. The van der Waals surface area contributed by atoms with Crippen LogP contribution in [0.2, 0.25) is 0 Å². The maximum atomic E-state index is 12.4. The third kappa shape index (κ3) is 1.96. The molecule has 2 heterocycles. The lowest BCUT2D eigenvalue weighted by Gasteiger charge is -2.41. The molecule has 2 aromatic rings. The molecule has 2 aromatic heterocycles. The van der Waals surface area contributed by atoms with Crippen LogP contribution in [0.3, 0.4) is 0 Å². The Balaban J connectivity index is 1.51. The molecule has 0 aliphatic heterocycles. The number of aliphatic hydroxyl groups excluding tert-OH is 2. The van der Waals surface area contributed by atoms with E-state index in [-0.39, 0.29) is 23.8 Å². The number of carbonyl (C=O) groups excluding carboxylic acids is 1. The molecule has 0 radical (unpaired) electrons. The Bertz CT molecular complexity index is 704. The van der Waals surface area contributed by atoms with Crippen molar-refractivity contribution < 1.29 is 15.0 Å². The van der Waals surface area contributed by atoms with E-state index in [9.17, 15) is 15.0 Å². The van der Waals surface area contributed by atoms with E-state index < -0.39 is 12.2 Å². The molecule has 2 saturated carbocycles. The fraction of sp³-hybridized carbons (Fsp3) is 0.500. The number of nitrogens with one attached hydrogen (secondary N) is 1. The highest BCUT2D eigenvalue weighted by Gasteiger charge is 2.53. The van der Waals surface area contributed by atoms with Gasteiger partial charge in [0.15, 0.2) is 0 Å². The molecule has 5 atom stereocenters. The zero-order chi connectivity index (χ0) is 14.6. The molecule has 0 unspecified atom stereocenters. The van der Waals surface area contributed by atoms with Crippen molar-refractivity contribution in [3.05, 3.63) is 23.5 Å². The van der Waals surface area contributed by atoms with Gasteiger partial charge in [-0.25, -0.2) is 9.97 Å². The minimum absolute atomic E-state index is 0.0132. The summed E-state index contributed by atoms with van der Waals surface area (Å²) in [5, 5.41) is 24.3. The molecule has 110 valence electrons. The Morgan fingerprint density at radius 2 is 2.14 bits per heavy atom. The van der Waals surface area contributed by atoms with E-state index in [1.54, 1.807) is 0 Å². The lowest BCUT2D eigenvalue weighted by atomic mass is 9.71. The number of hydrogen-bond acceptors (Lipinski definition) is 6. The predicted octanol–water partition coefficient (Wildman–Crippen LogP) is 0.551. The summed E-state index contributed by atoms with van der Waals surface area (Å²) in [6.45, 7) is 0. The molecule has 6 nitrogen and oxygen atoms in total. The van der Waals surface area contributed by atoms with Crippen LogP contribution in [0.5, 0.6) is 0 Å². The molecule has 3 N–H and O–H groups in total. The number of fused-ring (bicyclic) bond motifs is 2. The zero-order valence-electron chi connectivity index (χ0n) is 11.1. The predicted molar refractivity (Wildman–Crippen MR) is 76.9 cm³/mol. The van der Waals surface area contributed by atoms with E-state index in [1.807, 2.05) is 11.4 Å². The Hall–Kier alpha value is -1.57. The first kappa shape index (κ1) is 13.1. The summed E-state index contributed by atoms with van der Waals surface area (Å²) in [5.41, 5.74) is 1.18. The second kappa shape index (κ2) is 4.72. The maximum absolute atomic E-state index is 12.4. The van der Waals surface area contributed by atoms with Gasteiger partial charge in [0.05, 0.1) is 22.4 Å². The fourth-order valence-corrected chi connectivity index (χ4v) is 4.37. The van der Waals surface area contributed by atoms with Crippen LogP contribution in [0, 0.1) is 11.8 Å². The van der Waals surface area contributed by atoms with Crippen LogP contribution < -0.4 is 5.32 Å². The molecular formula is C14H15N3O3S. The van der Waals surface area contributed by atoms with Crippen molar-refractivity contribution in [2.75, 3.05) is 0 Å². The second-order valence-electron chi connectivity index (χ2n) is 5.79. The standard InChI is InChI=1S/C14H15N3O3S/c18-10-4-6-7(12(10)19)3-9(6)17-14(20)11-13-8(1-2-21-13)15-5-16-11/h1-2,5-7,9-10,12,18-19H,3-4H2,(H,17,20)/t6-,7-,9+,10-,12+/m1/s1. The number of amides is 1. The Labute approximate surface area is 124 Å². The lowest BCUT2D eigenvalue weighted by molar-refractivity contribution is -0.00458. The lowest BCUT2D eigenvalue weighted by Crippen LogP contribution is -2.52. The largest absolute Gasteiger partial charge is 0.390 e. The van der Waals surface area contributed by atoms with E-state index in [0.717, 1.165) is 10.2 Å². The highest BCUT2D eigenvalue weighted by molar-refractivity contribution is 7.17. The summed E-state index contributed by atoms with van der Waals surface area (Å²) in [4.78, 5) is 20.6. The molecule has 2 fully saturated rings. The van der Waals surface area contributed by atoms with Gasteiger partial charge < -0.3 is 15.5 Å². The summed E-state index contributed by atoms with van der Waals surface area (Å²) in [7, 11) is 0. The van der Waals surface area contributed by atoms with Gasteiger partial charge in [-0.3, -0.25) is 4.79 Å². The summed E-state index contributed by atoms with van der Waals surface area (Å²) in [6.07, 6.45) is 1.36. The van der Waals surface area contributed by atoms with E-state index in [2.05, 4.69) is 15.3 Å². The fourth-order valence-electron chi connectivity index (χ4n) is 3.53. The van der Waals surface area contributed by atoms with Crippen LogP contribution in [-0.4, -0.2) is 44.3 Å². The normalized spacial score (nSPS) is 34.5. The van der Waals surface area contributed by atoms with Gasteiger partial charge >= 0.3 is 0 Å². The van der Waals surface area contributed by atoms with Gasteiger partial charge in [-0.1, -0.05) is 0 Å². The van der Waals surface area contributed by atoms with Gasteiger partial charge in [-0.05, 0) is 36.1 Å². The number of thiophene rings is 1. The summed E-state index contributed by atoms with van der Waals surface area (Å²) >= 11 is 1.45. The van der Waals surface area contributed by atoms with Crippen molar-refractivity contribution >= 4 is 27.5 Å². The second-order valence-corrected chi connectivity index (χ2v) is 6.71. The van der Waals surface area contributed by atoms with Crippen LogP contribution >= 0.6 is 11.3 Å². The maximum Gasteiger partial charge on any atom is 0.271 e. The average molecular weight is 305 g/mol. The molecule has 7 heteroatoms. The molecule has 0 spiro atoms. The van der Waals surface area contributed by atoms with Crippen LogP contribution in [0.25, 0.3) is 10.2 Å². The first-order chi connectivity index (χ1) is 10.1. The van der Waals surface area contributed by atoms with Crippen molar-refractivity contribution in [3.8, 4) is 0 Å². The number of rotatable bonds is 2.